The number of nitrogens with zero attached hydrogens (tertiary/aromatic N) is 1. The summed E-state index contributed by atoms with van der Waals surface area (Å²) in [7, 11) is 0. The second-order valence-corrected chi connectivity index (χ2v) is 4.23. The van der Waals surface area contributed by atoms with E-state index < -0.39 is 0 Å². The Balaban J connectivity index is 0.00000133. The molecule has 1 aromatic carbocycles. The fourth-order valence-electron chi connectivity index (χ4n) is 2.26. The van der Waals surface area contributed by atoms with Crippen LogP contribution < -0.4 is 20.1 Å². The van der Waals surface area contributed by atoms with Crippen LogP contribution in [-0.2, 0) is 0 Å². The van der Waals surface area contributed by atoms with Crippen LogP contribution in [0.15, 0.2) is 12.1 Å². The van der Waals surface area contributed by atoms with E-state index in [0.29, 0.717) is 23.6 Å². The summed E-state index contributed by atoms with van der Waals surface area (Å²) < 4.78 is 10.4. The number of piperazine rings is 1. The van der Waals surface area contributed by atoms with Gasteiger partial charge < -0.3 is 20.1 Å². The molecule has 2 aliphatic heterocycles. The monoisotopic (exact) mass is 287 g/mol. The molecule has 1 atom stereocenters. The summed E-state index contributed by atoms with van der Waals surface area (Å²) in [5.74, 6) is 1.01. The molecule has 104 valence electrons. The summed E-state index contributed by atoms with van der Waals surface area (Å²) in [6.07, 6.45) is 0. The van der Waals surface area contributed by atoms with Crippen molar-refractivity contribution in [3.63, 3.8) is 0 Å². The van der Waals surface area contributed by atoms with Crippen molar-refractivity contribution in [1.82, 2.24) is 10.6 Å². The van der Waals surface area contributed by atoms with Crippen LogP contribution in [0, 0.1) is 10.1 Å². The Morgan fingerprint density at radius 1 is 1.26 bits per heavy atom. The maximum Gasteiger partial charge on any atom is 0.278 e. The fraction of sp³-hybridized carbons (Fsp3) is 0.455. The summed E-state index contributed by atoms with van der Waals surface area (Å²) >= 11 is 0. The molecule has 0 aliphatic carbocycles. The molecule has 2 N–H and O–H groups in total. The van der Waals surface area contributed by atoms with Crippen LogP contribution in [0.1, 0.15) is 11.6 Å². The summed E-state index contributed by atoms with van der Waals surface area (Å²) in [5, 5.41) is 17.6. The van der Waals surface area contributed by atoms with Gasteiger partial charge in [0, 0.05) is 19.6 Å². The SMILES string of the molecule is Cl.O=[N+]([O-])c1cc2c(cc1[C@@H]1CNCCN1)OCO2. The lowest BCUT2D eigenvalue weighted by atomic mass is 10.0. The van der Waals surface area contributed by atoms with Gasteiger partial charge in [0.25, 0.3) is 5.69 Å². The van der Waals surface area contributed by atoms with Gasteiger partial charge in [0.05, 0.1) is 22.6 Å². The van der Waals surface area contributed by atoms with E-state index in [-0.39, 0.29) is 35.9 Å². The van der Waals surface area contributed by atoms with E-state index in [9.17, 15) is 10.1 Å². The van der Waals surface area contributed by atoms with E-state index in [4.69, 9.17) is 9.47 Å². The number of nitro groups is 1. The molecule has 8 heteroatoms. The number of nitro benzene ring substituents is 1. The molecule has 7 nitrogen and oxygen atoms in total. The highest BCUT2D eigenvalue weighted by molar-refractivity contribution is 5.85. The molecule has 19 heavy (non-hydrogen) atoms. The standard InChI is InChI=1S/C11H13N3O4.ClH/c15-14(16)9-4-11-10(17-6-18-11)3-7(9)8-5-12-1-2-13-8;/h3-4,8,12-13H,1-2,5-6H2;1H/t8-;/m0./s1. The molecule has 0 amide bonds. The molecule has 0 aromatic heterocycles. The van der Waals surface area contributed by atoms with Crippen molar-refractivity contribution >= 4 is 18.1 Å². The van der Waals surface area contributed by atoms with E-state index in [0.717, 1.165) is 13.1 Å². The first kappa shape index (κ1) is 13.9. The molecular weight excluding hydrogens is 274 g/mol. The zero-order chi connectivity index (χ0) is 12.5. The minimum atomic E-state index is -0.381. The molecule has 0 spiro atoms. The van der Waals surface area contributed by atoms with Gasteiger partial charge in [0.1, 0.15) is 0 Å². The molecule has 2 aliphatic rings. The maximum absolute atomic E-state index is 11.1. The second kappa shape index (κ2) is 5.60. The molecule has 0 radical (unpaired) electrons. The van der Waals surface area contributed by atoms with Gasteiger partial charge in [-0.1, -0.05) is 0 Å². The van der Waals surface area contributed by atoms with Crippen LogP contribution in [0.2, 0.25) is 0 Å². The molecule has 1 fully saturated rings. The van der Waals surface area contributed by atoms with E-state index >= 15 is 0 Å². The van der Waals surface area contributed by atoms with Crippen molar-refractivity contribution in [2.45, 2.75) is 6.04 Å². The molecule has 1 aromatic rings. The van der Waals surface area contributed by atoms with Gasteiger partial charge in [-0.25, -0.2) is 0 Å². The number of hydrogen-bond donors (Lipinski definition) is 2. The Labute approximate surface area is 115 Å². The van der Waals surface area contributed by atoms with Gasteiger partial charge in [-0.15, -0.1) is 12.4 Å². The van der Waals surface area contributed by atoms with Gasteiger partial charge in [-0.2, -0.15) is 0 Å². The highest BCUT2D eigenvalue weighted by Gasteiger charge is 2.28. The predicted molar refractivity (Wildman–Crippen MR) is 70.1 cm³/mol. The largest absolute Gasteiger partial charge is 0.454 e. The van der Waals surface area contributed by atoms with Crippen molar-refractivity contribution in [3.8, 4) is 11.5 Å². The highest BCUT2D eigenvalue weighted by atomic mass is 35.5. The lowest BCUT2D eigenvalue weighted by molar-refractivity contribution is -0.385. The minimum Gasteiger partial charge on any atom is -0.454 e. The van der Waals surface area contributed by atoms with Crippen molar-refractivity contribution in [1.29, 1.82) is 0 Å². The number of ether oxygens (including phenoxy) is 2. The fourth-order valence-corrected chi connectivity index (χ4v) is 2.26. The van der Waals surface area contributed by atoms with E-state index in [1.54, 1.807) is 6.07 Å². The third-order valence-electron chi connectivity index (χ3n) is 3.13. The topological polar surface area (TPSA) is 85.7 Å². The molecule has 2 heterocycles. The number of hydrogen-bond acceptors (Lipinski definition) is 6. The molecule has 1 saturated heterocycles. The van der Waals surface area contributed by atoms with Crippen molar-refractivity contribution in [2.75, 3.05) is 26.4 Å². The third-order valence-corrected chi connectivity index (χ3v) is 3.13. The quantitative estimate of drug-likeness (QED) is 0.623. The van der Waals surface area contributed by atoms with Crippen LogP contribution in [-0.4, -0.2) is 31.4 Å². The van der Waals surface area contributed by atoms with Crippen molar-refractivity contribution in [3.05, 3.63) is 27.8 Å². The van der Waals surface area contributed by atoms with E-state index in [1.165, 1.54) is 6.07 Å². The maximum atomic E-state index is 11.1. The van der Waals surface area contributed by atoms with Crippen LogP contribution in [0.5, 0.6) is 11.5 Å². The van der Waals surface area contributed by atoms with Gasteiger partial charge in [-0.3, -0.25) is 10.1 Å². The van der Waals surface area contributed by atoms with Crippen LogP contribution in [0.25, 0.3) is 0 Å². The lowest BCUT2D eigenvalue weighted by Crippen LogP contribution is -2.42. The first-order chi connectivity index (χ1) is 8.75. The molecule has 0 bridgehead atoms. The Bertz CT molecular complexity index is 491. The Morgan fingerprint density at radius 2 is 2.00 bits per heavy atom. The first-order valence-corrected chi connectivity index (χ1v) is 5.78. The predicted octanol–water partition coefficient (Wildman–Crippen LogP) is 0.979. The summed E-state index contributed by atoms with van der Waals surface area (Å²) in [5.41, 5.74) is 0.705. The smallest absolute Gasteiger partial charge is 0.278 e. The van der Waals surface area contributed by atoms with Gasteiger partial charge in [-0.05, 0) is 6.07 Å². The third kappa shape index (κ3) is 2.58. The lowest BCUT2D eigenvalue weighted by Gasteiger charge is -2.24. The van der Waals surface area contributed by atoms with Crippen LogP contribution in [0.3, 0.4) is 0 Å². The van der Waals surface area contributed by atoms with E-state index in [1.807, 2.05) is 0 Å². The zero-order valence-corrected chi connectivity index (χ0v) is 10.9. The van der Waals surface area contributed by atoms with E-state index in [2.05, 4.69) is 10.6 Å². The van der Waals surface area contributed by atoms with Gasteiger partial charge >= 0.3 is 0 Å². The number of nitrogens with one attached hydrogen (secondary N) is 2. The summed E-state index contributed by atoms with van der Waals surface area (Å²) in [6.45, 7) is 2.44. The van der Waals surface area contributed by atoms with Crippen LogP contribution in [0.4, 0.5) is 5.69 Å². The molecule has 0 saturated carbocycles. The Morgan fingerprint density at radius 3 is 2.63 bits per heavy atom. The second-order valence-electron chi connectivity index (χ2n) is 4.23. The molecule has 3 rings (SSSR count). The highest BCUT2D eigenvalue weighted by Crippen LogP contribution is 2.40. The number of rotatable bonds is 2. The molecule has 0 unspecified atom stereocenters. The number of benzene rings is 1. The van der Waals surface area contributed by atoms with Crippen LogP contribution >= 0.6 is 12.4 Å². The van der Waals surface area contributed by atoms with Gasteiger partial charge in [0.15, 0.2) is 11.5 Å². The summed E-state index contributed by atoms with van der Waals surface area (Å²) in [4.78, 5) is 10.7. The average Bonchev–Trinajstić information content (AvgIpc) is 2.85. The molecular formula is C11H14ClN3O4. The summed E-state index contributed by atoms with van der Waals surface area (Å²) in [6, 6.07) is 3.06. The average molecular weight is 288 g/mol. The van der Waals surface area contributed by atoms with Gasteiger partial charge in [0.2, 0.25) is 6.79 Å². The zero-order valence-electron chi connectivity index (χ0n) is 10.0. The number of fused-ring (bicyclic) bond motifs is 1. The first-order valence-electron chi connectivity index (χ1n) is 5.78. The normalized spacial score (nSPS) is 20.7. The van der Waals surface area contributed by atoms with Crippen molar-refractivity contribution in [2.24, 2.45) is 0 Å². The Hall–Kier alpha value is -1.57. The Kier molecular flexibility index (Phi) is 4.08. The minimum absolute atomic E-state index is 0. The van der Waals surface area contributed by atoms with Crippen molar-refractivity contribution < 1.29 is 14.4 Å². The number of halogens is 1.